The quantitative estimate of drug-likeness (QED) is 0.786. The van der Waals surface area contributed by atoms with Gasteiger partial charge in [0.05, 0.1) is 30.3 Å². The molecule has 6 heteroatoms. The standard InChI is InChI=1S/C12H19N3O2S/c1-2-13-11-6-17-5-10(11)12(16)14-4-3-9-7-18-8-15-9/h7-8,10-11,13H,2-6H2,1H3,(H,14,16). The molecule has 0 spiro atoms. The van der Waals surface area contributed by atoms with Crippen LogP contribution in [-0.2, 0) is 16.0 Å². The second-order valence-corrected chi connectivity index (χ2v) is 5.05. The summed E-state index contributed by atoms with van der Waals surface area (Å²) in [6.07, 6.45) is 0.786. The topological polar surface area (TPSA) is 63.2 Å². The van der Waals surface area contributed by atoms with E-state index in [0.717, 1.165) is 18.7 Å². The number of nitrogens with zero attached hydrogens (tertiary/aromatic N) is 1. The Morgan fingerprint density at radius 3 is 3.22 bits per heavy atom. The zero-order valence-corrected chi connectivity index (χ0v) is 11.3. The molecular weight excluding hydrogens is 250 g/mol. The highest BCUT2D eigenvalue weighted by molar-refractivity contribution is 7.07. The van der Waals surface area contributed by atoms with Crippen molar-refractivity contribution in [1.82, 2.24) is 15.6 Å². The molecule has 2 atom stereocenters. The number of hydrogen-bond acceptors (Lipinski definition) is 5. The predicted molar refractivity (Wildman–Crippen MR) is 70.6 cm³/mol. The molecule has 0 bridgehead atoms. The SMILES string of the molecule is CCNC1COCC1C(=O)NCCc1cscn1. The monoisotopic (exact) mass is 269 g/mol. The largest absolute Gasteiger partial charge is 0.379 e. The molecule has 2 rings (SSSR count). The summed E-state index contributed by atoms with van der Waals surface area (Å²) in [7, 11) is 0. The number of thiazole rings is 1. The van der Waals surface area contributed by atoms with Gasteiger partial charge in [0, 0.05) is 24.4 Å². The third kappa shape index (κ3) is 3.51. The van der Waals surface area contributed by atoms with E-state index in [4.69, 9.17) is 4.74 Å². The molecule has 1 aromatic rings. The normalized spacial score (nSPS) is 23.2. The summed E-state index contributed by atoms with van der Waals surface area (Å²) >= 11 is 1.58. The van der Waals surface area contributed by atoms with Gasteiger partial charge in [0.25, 0.3) is 0 Å². The molecule has 1 aromatic heterocycles. The van der Waals surface area contributed by atoms with Crippen molar-refractivity contribution in [1.29, 1.82) is 0 Å². The summed E-state index contributed by atoms with van der Waals surface area (Å²) in [5, 5.41) is 8.25. The van der Waals surface area contributed by atoms with Gasteiger partial charge in [-0.1, -0.05) is 6.92 Å². The number of amides is 1. The minimum Gasteiger partial charge on any atom is -0.379 e. The lowest BCUT2D eigenvalue weighted by Crippen LogP contribution is -2.44. The summed E-state index contributed by atoms with van der Waals surface area (Å²) in [6, 6.07) is 0.147. The molecular formula is C12H19N3O2S. The van der Waals surface area contributed by atoms with Crippen LogP contribution in [0.4, 0.5) is 0 Å². The predicted octanol–water partition coefficient (Wildman–Crippen LogP) is 0.426. The van der Waals surface area contributed by atoms with E-state index < -0.39 is 0 Å². The van der Waals surface area contributed by atoms with Crippen molar-refractivity contribution in [3.63, 3.8) is 0 Å². The van der Waals surface area contributed by atoms with E-state index in [0.29, 0.717) is 19.8 Å². The van der Waals surface area contributed by atoms with Gasteiger partial charge in [-0.15, -0.1) is 11.3 Å². The van der Waals surface area contributed by atoms with Crippen molar-refractivity contribution in [3.05, 3.63) is 16.6 Å². The molecule has 0 aromatic carbocycles. The van der Waals surface area contributed by atoms with Gasteiger partial charge in [-0.3, -0.25) is 4.79 Å². The van der Waals surface area contributed by atoms with Crippen LogP contribution in [-0.4, -0.2) is 43.2 Å². The summed E-state index contributed by atoms with van der Waals surface area (Å²) in [6.45, 7) is 4.67. The van der Waals surface area contributed by atoms with Crippen LogP contribution in [0.25, 0.3) is 0 Å². The van der Waals surface area contributed by atoms with E-state index in [1.54, 1.807) is 11.3 Å². The highest BCUT2D eigenvalue weighted by atomic mass is 32.1. The average Bonchev–Trinajstić information content (AvgIpc) is 3.00. The number of nitrogens with one attached hydrogen (secondary N) is 2. The molecule has 2 N–H and O–H groups in total. The molecule has 0 radical (unpaired) electrons. The van der Waals surface area contributed by atoms with Crippen molar-refractivity contribution in [2.75, 3.05) is 26.3 Å². The Morgan fingerprint density at radius 2 is 2.50 bits per heavy atom. The molecule has 1 amide bonds. The molecule has 0 aliphatic carbocycles. The fourth-order valence-electron chi connectivity index (χ4n) is 2.08. The summed E-state index contributed by atoms with van der Waals surface area (Å²) in [5.74, 6) is 0.00839. The van der Waals surface area contributed by atoms with Crippen LogP contribution in [0.15, 0.2) is 10.9 Å². The number of aromatic nitrogens is 1. The van der Waals surface area contributed by atoms with Crippen LogP contribution in [0.5, 0.6) is 0 Å². The number of carbonyl (C=O) groups excluding carboxylic acids is 1. The van der Waals surface area contributed by atoms with E-state index >= 15 is 0 Å². The molecule has 100 valence electrons. The zero-order chi connectivity index (χ0) is 12.8. The van der Waals surface area contributed by atoms with E-state index in [9.17, 15) is 4.79 Å². The van der Waals surface area contributed by atoms with Gasteiger partial charge in [0.15, 0.2) is 0 Å². The van der Waals surface area contributed by atoms with Crippen LogP contribution in [0.2, 0.25) is 0 Å². The lowest BCUT2D eigenvalue weighted by atomic mass is 10.0. The van der Waals surface area contributed by atoms with E-state index in [-0.39, 0.29) is 17.9 Å². The Labute approximate surface area is 111 Å². The molecule has 1 fully saturated rings. The van der Waals surface area contributed by atoms with Gasteiger partial charge >= 0.3 is 0 Å². The third-order valence-electron chi connectivity index (χ3n) is 3.05. The third-order valence-corrected chi connectivity index (χ3v) is 3.68. The van der Waals surface area contributed by atoms with Gasteiger partial charge in [0.2, 0.25) is 5.91 Å². The summed E-state index contributed by atoms with van der Waals surface area (Å²) in [4.78, 5) is 16.2. The maximum Gasteiger partial charge on any atom is 0.227 e. The molecule has 1 saturated heterocycles. The van der Waals surface area contributed by atoms with Gasteiger partial charge in [-0.2, -0.15) is 0 Å². The first-order valence-electron chi connectivity index (χ1n) is 6.27. The average molecular weight is 269 g/mol. The Bertz CT molecular complexity index is 369. The van der Waals surface area contributed by atoms with Gasteiger partial charge < -0.3 is 15.4 Å². The van der Waals surface area contributed by atoms with E-state index in [1.807, 2.05) is 17.8 Å². The Balaban J connectivity index is 1.73. The number of rotatable bonds is 6. The van der Waals surface area contributed by atoms with Crippen molar-refractivity contribution >= 4 is 17.2 Å². The van der Waals surface area contributed by atoms with Crippen LogP contribution in [0.1, 0.15) is 12.6 Å². The first-order valence-corrected chi connectivity index (χ1v) is 7.21. The maximum absolute atomic E-state index is 12.0. The fourth-order valence-corrected chi connectivity index (χ4v) is 2.67. The smallest absolute Gasteiger partial charge is 0.227 e. The van der Waals surface area contributed by atoms with Crippen LogP contribution < -0.4 is 10.6 Å². The molecule has 5 nitrogen and oxygen atoms in total. The second-order valence-electron chi connectivity index (χ2n) is 4.33. The molecule has 0 saturated carbocycles. The van der Waals surface area contributed by atoms with Crippen LogP contribution in [0.3, 0.4) is 0 Å². The maximum atomic E-state index is 12.0. The molecule has 1 aliphatic heterocycles. The van der Waals surface area contributed by atoms with Crippen molar-refractivity contribution in [3.8, 4) is 0 Å². The van der Waals surface area contributed by atoms with Crippen molar-refractivity contribution < 1.29 is 9.53 Å². The van der Waals surface area contributed by atoms with E-state index in [2.05, 4.69) is 15.6 Å². The molecule has 2 heterocycles. The Kier molecular flexibility index (Phi) is 5.10. The number of carbonyl (C=O) groups is 1. The zero-order valence-electron chi connectivity index (χ0n) is 10.5. The highest BCUT2D eigenvalue weighted by Crippen LogP contribution is 2.13. The second kappa shape index (κ2) is 6.82. The molecule has 2 unspecified atom stereocenters. The fraction of sp³-hybridized carbons (Fsp3) is 0.667. The summed E-state index contributed by atoms with van der Waals surface area (Å²) < 4.78 is 5.36. The lowest BCUT2D eigenvalue weighted by molar-refractivity contribution is -0.125. The van der Waals surface area contributed by atoms with Crippen LogP contribution in [0, 0.1) is 5.92 Å². The van der Waals surface area contributed by atoms with E-state index in [1.165, 1.54) is 0 Å². The summed E-state index contributed by atoms with van der Waals surface area (Å²) in [5.41, 5.74) is 2.84. The van der Waals surface area contributed by atoms with Crippen molar-refractivity contribution in [2.45, 2.75) is 19.4 Å². The number of likely N-dealkylation sites (N-methyl/N-ethyl adjacent to an activating group) is 1. The number of hydrogen-bond donors (Lipinski definition) is 2. The number of ether oxygens (including phenoxy) is 1. The Morgan fingerprint density at radius 1 is 1.61 bits per heavy atom. The van der Waals surface area contributed by atoms with Gasteiger partial charge in [-0.05, 0) is 6.54 Å². The van der Waals surface area contributed by atoms with Gasteiger partial charge in [0.1, 0.15) is 0 Å². The van der Waals surface area contributed by atoms with Crippen LogP contribution >= 0.6 is 11.3 Å². The lowest BCUT2D eigenvalue weighted by Gasteiger charge is -2.17. The minimum absolute atomic E-state index is 0.0691. The van der Waals surface area contributed by atoms with Gasteiger partial charge in [-0.25, -0.2) is 4.98 Å². The highest BCUT2D eigenvalue weighted by Gasteiger charge is 2.33. The Hall–Kier alpha value is -0.980. The first-order chi connectivity index (χ1) is 8.81. The molecule has 18 heavy (non-hydrogen) atoms. The first kappa shape index (κ1) is 13.5. The minimum atomic E-state index is -0.0691. The molecule has 1 aliphatic rings. The van der Waals surface area contributed by atoms with Crippen molar-refractivity contribution in [2.24, 2.45) is 5.92 Å².